The van der Waals surface area contributed by atoms with Gasteiger partial charge in [0.1, 0.15) is 5.69 Å². The Hall–Kier alpha value is -2.37. The fourth-order valence-electron chi connectivity index (χ4n) is 1.74. The lowest BCUT2D eigenvalue weighted by Gasteiger charge is -2.05. The first-order valence-electron chi connectivity index (χ1n) is 5.69. The first kappa shape index (κ1) is 12.1. The van der Waals surface area contributed by atoms with E-state index in [9.17, 15) is 0 Å². The molecule has 0 bridgehead atoms. The van der Waals surface area contributed by atoms with Gasteiger partial charge in [-0.15, -0.1) is 5.10 Å². The first-order valence-corrected chi connectivity index (χ1v) is 5.69. The second-order valence-electron chi connectivity index (χ2n) is 3.84. The van der Waals surface area contributed by atoms with Crippen molar-refractivity contribution >= 4 is 5.82 Å². The maximum Gasteiger partial charge on any atom is 0.175 e. The second kappa shape index (κ2) is 5.31. The van der Waals surface area contributed by atoms with Crippen LogP contribution in [-0.4, -0.2) is 24.8 Å². The lowest BCUT2D eigenvalue weighted by molar-refractivity contribution is 0.598. The third-order valence-electron chi connectivity index (χ3n) is 2.60. The maximum absolute atomic E-state index is 5.86. The monoisotopic (exact) mass is 244 g/mol. The zero-order valence-corrected chi connectivity index (χ0v) is 10.3. The van der Waals surface area contributed by atoms with E-state index in [0.29, 0.717) is 5.82 Å². The van der Waals surface area contributed by atoms with Crippen LogP contribution in [0.2, 0.25) is 0 Å². The van der Waals surface area contributed by atoms with E-state index in [1.807, 2.05) is 25.3 Å². The third-order valence-corrected chi connectivity index (χ3v) is 2.60. The first-order chi connectivity index (χ1) is 8.74. The van der Waals surface area contributed by atoms with Crippen LogP contribution in [0.25, 0.3) is 11.4 Å². The Morgan fingerprint density at radius 3 is 3.00 bits per heavy atom. The fraction of sp³-hybridized carbons (Fsp3) is 0.250. The highest BCUT2D eigenvalue weighted by molar-refractivity contribution is 5.66. The van der Waals surface area contributed by atoms with E-state index >= 15 is 0 Å². The molecule has 0 spiro atoms. The minimum atomic E-state index is 0.423. The van der Waals surface area contributed by atoms with Crippen LogP contribution in [0.15, 0.2) is 37.1 Å². The van der Waals surface area contributed by atoms with E-state index in [-0.39, 0.29) is 0 Å². The predicted molar refractivity (Wildman–Crippen MR) is 70.6 cm³/mol. The van der Waals surface area contributed by atoms with Crippen LogP contribution in [0, 0.1) is 0 Å². The number of aryl methyl sites for hydroxylation is 2. The lowest BCUT2D eigenvalue weighted by Crippen LogP contribution is -2.05. The molecule has 0 aliphatic heterocycles. The van der Waals surface area contributed by atoms with Crippen molar-refractivity contribution in [3.63, 3.8) is 0 Å². The minimum Gasteiger partial charge on any atom is -0.380 e. The quantitative estimate of drug-likeness (QED) is 0.806. The molecule has 2 rings (SSSR count). The van der Waals surface area contributed by atoms with Gasteiger partial charge in [-0.1, -0.05) is 30.0 Å². The Morgan fingerprint density at radius 1 is 1.50 bits per heavy atom. The Balaban J connectivity index is 2.25. The van der Waals surface area contributed by atoms with Gasteiger partial charge in [-0.25, -0.2) is 4.68 Å². The molecule has 0 aliphatic carbocycles. The van der Waals surface area contributed by atoms with Gasteiger partial charge in [0, 0.05) is 19.8 Å². The van der Waals surface area contributed by atoms with Crippen LogP contribution < -0.4 is 5.73 Å². The zero-order valence-electron chi connectivity index (χ0n) is 10.3. The molecule has 2 heterocycles. The van der Waals surface area contributed by atoms with Crippen LogP contribution >= 0.6 is 0 Å². The molecule has 6 heteroatoms. The summed E-state index contributed by atoms with van der Waals surface area (Å²) in [6, 6.07) is 1.89. The van der Waals surface area contributed by atoms with Crippen molar-refractivity contribution in [2.45, 2.75) is 13.0 Å². The molecule has 0 atom stereocenters. The van der Waals surface area contributed by atoms with Crippen molar-refractivity contribution in [1.82, 2.24) is 24.8 Å². The topological polar surface area (TPSA) is 74.6 Å². The van der Waals surface area contributed by atoms with Crippen LogP contribution in [0.3, 0.4) is 0 Å². The Morgan fingerprint density at radius 2 is 2.33 bits per heavy atom. The van der Waals surface area contributed by atoms with Crippen molar-refractivity contribution in [2.24, 2.45) is 7.05 Å². The molecule has 2 aromatic rings. The number of rotatable bonds is 5. The molecule has 94 valence electrons. The number of hydrogen-bond donors (Lipinski definition) is 1. The van der Waals surface area contributed by atoms with Crippen molar-refractivity contribution in [3.8, 4) is 11.4 Å². The van der Waals surface area contributed by atoms with Gasteiger partial charge < -0.3 is 5.73 Å². The average Bonchev–Trinajstić information content (AvgIpc) is 2.91. The molecule has 0 aromatic carbocycles. The van der Waals surface area contributed by atoms with Gasteiger partial charge in [-0.2, -0.15) is 5.10 Å². The highest BCUT2D eigenvalue weighted by Crippen LogP contribution is 2.23. The van der Waals surface area contributed by atoms with E-state index in [0.717, 1.165) is 24.4 Å². The zero-order chi connectivity index (χ0) is 13.0. The second-order valence-corrected chi connectivity index (χ2v) is 3.84. The molecule has 0 radical (unpaired) electrons. The molecule has 18 heavy (non-hydrogen) atoms. The summed E-state index contributed by atoms with van der Waals surface area (Å²) in [5, 5.41) is 12.1. The maximum atomic E-state index is 5.86. The van der Waals surface area contributed by atoms with E-state index in [1.165, 1.54) is 0 Å². The SMILES string of the molecule is C=C/C=C/CCn1nnc(N)c1-c1ccnn1C. The van der Waals surface area contributed by atoms with Crippen LogP contribution in [0.4, 0.5) is 5.82 Å². The molecule has 2 N–H and O–H groups in total. The summed E-state index contributed by atoms with van der Waals surface area (Å²) < 4.78 is 3.55. The standard InChI is InChI=1S/C12H16N6/c1-3-4-5-6-9-18-11(12(13)15-16-18)10-7-8-14-17(10)2/h3-5,7-8H,1,6,9,13H2,2H3/b5-4+. The molecule has 0 amide bonds. The fourth-order valence-corrected chi connectivity index (χ4v) is 1.74. The van der Waals surface area contributed by atoms with Gasteiger partial charge in [0.05, 0.1) is 5.69 Å². The summed E-state index contributed by atoms with van der Waals surface area (Å²) in [4.78, 5) is 0. The van der Waals surface area contributed by atoms with Crippen molar-refractivity contribution in [3.05, 3.63) is 37.1 Å². The van der Waals surface area contributed by atoms with Gasteiger partial charge in [0.15, 0.2) is 5.82 Å². The number of aromatic nitrogens is 5. The largest absolute Gasteiger partial charge is 0.380 e. The molecular formula is C12H16N6. The summed E-state index contributed by atoms with van der Waals surface area (Å²) in [7, 11) is 1.86. The Labute approximate surface area is 105 Å². The predicted octanol–water partition coefficient (Wildman–Crippen LogP) is 1.39. The number of nitrogens with zero attached hydrogens (tertiary/aromatic N) is 5. The lowest BCUT2D eigenvalue weighted by atomic mass is 10.3. The minimum absolute atomic E-state index is 0.423. The molecule has 0 fully saturated rings. The molecule has 0 saturated carbocycles. The molecular weight excluding hydrogens is 228 g/mol. The highest BCUT2D eigenvalue weighted by Gasteiger charge is 2.14. The third kappa shape index (κ3) is 2.32. The summed E-state index contributed by atoms with van der Waals surface area (Å²) in [6.45, 7) is 4.34. The van der Waals surface area contributed by atoms with E-state index in [2.05, 4.69) is 22.0 Å². The van der Waals surface area contributed by atoms with Crippen LogP contribution in [0.1, 0.15) is 6.42 Å². The molecule has 0 saturated heterocycles. The number of hydrogen-bond acceptors (Lipinski definition) is 4. The van der Waals surface area contributed by atoms with E-state index < -0.39 is 0 Å². The van der Waals surface area contributed by atoms with Crippen LogP contribution in [-0.2, 0) is 13.6 Å². The molecule has 6 nitrogen and oxygen atoms in total. The van der Waals surface area contributed by atoms with Crippen molar-refractivity contribution in [2.75, 3.05) is 5.73 Å². The smallest absolute Gasteiger partial charge is 0.175 e. The number of nitrogen functional groups attached to an aromatic ring is 1. The number of anilines is 1. The highest BCUT2D eigenvalue weighted by atomic mass is 15.5. The Kier molecular flexibility index (Phi) is 3.57. The van der Waals surface area contributed by atoms with E-state index in [1.54, 1.807) is 21.6 Å². The van der Waals surface area contributed by atoms with Gasteiger partial charge in [-0.05, 0) is 12.5 Å². The molecule has 0 unspecified atom stereocenters. The van der Waals surface area contributed by atoms with Crippen molar-refractivity contribution in [1.29, 1.82) is 0 Å². The summed E-state index contributed by atoms with van der Waals surface area (Å²) in [5.41, 5.74) is 7.58. The molecule has 0 aliphatic rings. The Bertz CT molecular complexity index is 563. The van der Waals surface area contributed by atoms with Crippen molar-refractivity contribution < 1.29 is 0 Å². The van der Waals surface area contributed by atoms with Crippen LogP contribution in [0.5, 0.6) is 0 Å². The summed E-state index contributed by atoms with van der Waals surface area (Å²) in [6.07, 6.45) is 8.25. The van der Waals surface area contributed by atoms with E-state index in [4.69, 9.17) is 5.73 Å². The number of nitrogens with two attached hydrogens (primary N) is 1. The van der Waals surface area contributed by atoms with Gasteiger partial charge in [0.2, 0.25) is 0 Å². The average molecular weight is 244 g/mol. The van der Waals surface area contributed by atoms with Gasteiger partial charge in [0.25, 0.3) is 0 Å². The van der Waals surface area contributed by atoms with Gasteiger partial charge >= 0.3 is 0 Å². The molecule has 2 aromatic heterocycles. The van der Waals surface area contributed by atoms with Gasteiger partial charge in [-0.3, -0.25) is 4.68 Å². The summed E-state index contributed by atoms with van der Waals surface area (Å²) >= 11 is 0. The summed E-state index contributed by atoms with van der Waals surface area (Å²) in [5.74, 6) is 0.423. The normalized spacial score (nSPS) is 11.2. The number of allylic oxidation sites excluding steroid dienone is 3.